The van der Waals surface area contributed by atoms with Gasteiger partial charge in [0.15, 0.2) is 0 Å². The minimum absolute atomic E-state index is 0.275. The summed E-state index contributed by atoms with van der Waals surface area (Å²) in [5.41, 5.74) is 1.25. The summed E-state index contributed by atoms with van der Waals surface area (Å²) in [6, 6.07) is 8.50. The normalized spacial score (nSPS) is 14.8. The molecule has 0 aromatic heterocycles. The Bertz CT molecular complexity index is 357. The number of benzene rings is 1. The predicted molar refractivity (Wildman–Crippen MR) is 79.7 cm³/mol. The van der Waals surface area contributed by atoms with Gasteiger partial charge in [0.2, 0.25) is 0 Å². The SMILES string of the molecule is CCC(NCC(O)CN(C)C)c1ccccc1Br. The van der Waals surface area contributed by atoms with Gasteiger partial charge in [0.05, 0.1) is 6.10 Å². The molecule has 4 heteroatoms. The van der Waals surface area contributed by atoms with Crippen molar-refractivity contribution in [3.63, 3.8) is 0 Å². The van der Waals surface area contributed by atoms with Crippen molar-refractivity contribution in [1.29, 1.82) is 0 Å². The fourth-order valence-electron chi connectivity index (χ4n) is 2.00. The third-order valence-electron chi connectivity index (χ3n) is 2.86. The number of aliphatic hydroxyl groups is 1. The van der Waals surface area contributed by atoms with E-state index >= 15 is 0 Å². The summed E-state index contributed by atoms with van der Waals surface area (Å²) in [5, 5.41) is 13.3. The average molecular weight is 315 g/mol. The molecule has 0 saturated carbocycles. The lowest BCUT2D eigenvalue weighted by Crippen LogP contribution is -2.36. The molecule has 0 fully saturated rings. The molecule has 2 unspecified atom stereocenters. The molecule has 1 aromatic carbocycles. The molecule has 2 atom stereocenters. The maximum absolute atomic E-state index is 9.86. The maximum atomic E-state index is 9.86. The standard InChI is InChI=1S/C14H23BrN2O/c1-4-14(12-7-5-6-8-13(12)15)16-9-11(18)10-17(2)3/h5-8,11,14,16,18H,4,9-10H2,1-3H3. The van der Waals surface area contributed by atoms with Crippen LogP contribution >= 0.6 is 15.9 Å². The number of nitrogens with zero attached hydrogens (tertiary/aromatic N) is 1. The second-order valence-electron chi connectivity index (χ2n) is 4.81. The second-order valence-corrected chi connectivity index (χ2v) is 5.66. The van der Waals surface area contributed by atoms with Crippen LogP contribution in [0.2, 0.25) is 0 Å². The number of nitrogens with one attached hydrogen (secondary N) is 1. The Morgan fingerprint density at radius 2 is 2.00 bits per heavy atom. The van der Waals surface area contributed by atoms with Gasteiger partial charge in [0.25, 0.3) is 0 Å². The van der Waals surface area contributed by atoms with Crippen LogP contribution in [0.1, 0.15) is 24.9 Å². The summed E-state index contributed by atoms with van der Waals surface area (Å²) in [6.07, 6.45) is 0.661. The highest BCUT2D eigenvalue weighted by Crippen LogP contribution is 2.25. The van der Waals surface area contributed by atoms with Gasteiger partial charge in [-0.2, -0.15) is 0 Å². The van der Waals surface area contributed by atoms with E-state index in [0.717, 1.165) is 10.9 Å². The summed E-state index contributed by atoms with van der Waals surface area (Å²) in [6.45, 7) is 3.44. The first kappa shape index (κ1) is 15.6. The molecule has 0 bridgehead atoms. The summed E-state index contributed by atoms with van der Waals surface area (Å²) in [5.74, 6) is 0. The van der Waals surface area contributed by atoms with E-state index in [1.807, 2.05) is 31.1 Å². The highest BCUT2D eigenvalue weighted by molar-refractivity contribution is 9.10. The molecule has 0 aliphatic rings. The number of halogens is 1. The quantitative estimate of drug-likeness (QED) is 0.811. The Kier molecular flexibility index (Phi) is 6.86. The molecule has 0 heterocycles. The molecular formula is C14H23BrN2O. The minimum atomic E-state index is -0.337. The smallest absolute Gasteiger partial charge is 0.0791 e. The highest BCUT2D eigenvalue weighted by Gasteiger charge is 2.13. The topological polar surface area (TPSA) is 35.5 Å². The van der Waals surface area contributed by atoms with Crippen molar-refractivity contribution in [1.82, 2.24) is 10.2 Å². The Morgan fingerprint density at radius 1 is 1.33 bits per heavy atom. The van der Waals surface area contributed by atoms with E-state index in [1.54, 1.807) is 0 Å². The van der Waals surface area contributed by atoms with Crippen molar-refractivity contribution in [3.05, 3.63) is 34.3 Å². The first-order chi connectivity index (χ1) is 8.54. The maximum Gasteiger partial charge on any atom is 0.0791 e. The van der Waals surface area contributed by atoms with Gasteiger partial charge >= 0.3 is 0 Å². The molecule has 0 saturated heterocycles. The van der Waals surface area contributed by atoms with Gasteiger partial charge in [-0.25, -0.2) is 0 Å². The summed E-state index contributed by atoms with van der Waals surface area (Å²) < 4.78 is 1.12. The fraction of sp³-hybridized carbons (Fsp3) is 0.571. The van der Waals surface area contributed by atoms with Gasteiger partial charge in [-0.3, -0.25) is 0 Å². The van der Waals surface area contributed by atoms with Crippen LogP contribution < -0.4 is 5.32 Å². The Hall–Kier alpha value is -0.420. The molecule has 0 amide bonds. The Labute approximate surface area is 118 Å². The number of likely N-dealkylation sites (N-methyl/N-ethyl adjacent to an activating group) is 1. The van der Waals surface area contributed by atoms with E-state index in [9.17, 15) is 5.11 Å². The third-order valence-corrected chi connectivity index (χ3v) is 3.59. The van der Waals surface area contributed by atoms with Gasteiger partial charge in [-0.05, 0) is 32.1 Å². The van der Waals surface area contributed by atoms with Gasteiger partial charge in [-0.1, -0.05) is 41.1 Å². The molecule has 1 aromatic rings. The van der Waals surface area contributed by atoms with Crippen molar-refractivity contribution in [2.75, 3.05) is 27.2 Å². The Morgan fingerprint density at radius 3 is 2.56 bits per heavy atom. The zero-order valence-corrected chi connectivity index (χ0v) is 12.9. The van der Waals surface area contributed by atoms with Crippen LogP contribution in [-0.4, -0.2) is 43.3 Å². The minimum Gasteiger partial charge on any atom is -0.390 e. The average Bonchev–Trinajstić information content (AvgIpc) is 2.31. The lowest BCUT2D eigenvalue weighted by atomic mass is 10.0. The lowest BCUT2D eigenvalue weighted by Gasteiger charge is -2.22. The van der Waals surface area contributed by atoms with E-state index in [1.165, 1.54) is 5.56 Å². The van der Waals surface area contributed by atoms with Crippen LogP contribution in [0.5, 0.6) is 0 Å². The second kappa shape index (κ2) is 7.89. The van der Waals surface area contributed by atoms with E-state index < -0.39 is 0 Å². The van der Waals surface area contributed by atoms with Crippen molar-refractivity contribution in [3.8, 4) is 0 Å². The zero-order valence-electron chi connectivity index (χ0n) is 11.4. The fourth-order valence-corrected chi connectivity index (χ4v) is 2.56. The molecule has 0 spiro atoms. The number of rotatable bonds is 7. The van der Waals surface area contributed by atoms with E-state index in [4.69, 9.17) is 0 Å². The number of aliphatic hydroxyl groups excluding tert-OH is 1. The first-order valence-electron chi connectivity index (χ1n) is 6.35. The zero-order chi connectivity index (χ0) is 13.5. The highest BCUT2D eigenvalue weighted by atomic mass is 79.9. The van der Waals surface area contributed by atoms with E-state index in [0.29, 0.717) is 13.1 Å². The molecule has 0 aliphatic carbocycles. The van der Waals surface area contributed by atoms with Gasteiger partial charge in [-0.15, -0.1) is 0 Å². The molecular weight excluding hydrogens is 292 g/mol. The van der Waals surface area contributed by atoms with Crippen LogP contribution in [0.4, 0.5) is 0 Å². The van der Waals surface area contributed by atoms with Crippen LogP contribution in [0, 0.1) is 0 Å². The predicted octanol–water partition coefficient (Wildman–Crippen LogP) is 2.41. The summed E-state index contributed by atoms with van der Waals surface area (Å²) in [4.78, 5) is 1.99. The van der Waals surface area contributed by atoms with Crippen molar-refractivity contribution >= 4 is 15.9 Å². The van der Waals surface area contributed by atoms with Crippen molar-refractivity contribution < 1.29 is 5.11 Å². The molecule has 102 valence electrons. The van der Waals surface area contributed by atoms with Crippen LogP contribution in [0.25, 0.3) is 0 Å². The summed E-state index contributed by atoms with van der Waals surface area (Å²) >= 11 is 3.57. The number of hydrogen-bond donors (Lipinski definition) is 2. The molecule has 18 heavy (non-hydrogen) atoms. The third kappa shape index (κ3) is 5.06. The summed E-state index contributed by atoms with van der Waals surface area (Å²) in [7, 11) is 3.93. The lowest BCUT2D eigenvalue weighted by molar-refractivity contribution is 0.131. The molecule has 0 aliphatic heterocycles. The van der Waals surface area contributed by atoms with Crippen molar-refractivity contribution in [2.24, 2.45) is 0 Å². The van der Waals surface area contributed by atoms with Gasteiger partial charge in [0.1, 0.15) is 0 Å². The van der Waals surface area contributed by atoms with E-state index in [-0.39, 0.29) is 12.1 Å². The molecule has 2 N–H and O–H groups in total. The molecule has 3 nitrogen and oxygen atoms in total. The largest absolute Gasteiger partial charge is 0.390 e. The van der Waals surface area contributed by atoms with E-state index in [2.05, 4.69) is 40.3 Å². The van der Waals surface area contributed by atoms with Crippen LogP contribution in [0.3, 0.4) is 0 Å². The monoisotopic (exact) mass is 314 g/mol. The van der Waals surface area contributed by atoms with Gasteiger partial charge in [0, 0.05) is 23.6 Å². The number of hydrogen-bond acceptors (Lipinski definition) is 3. The first-order valence-corrected chi connectivity index (χ1v) is 7.14. The molecule has 1 rings (SSSR count). The Balaban J connectivity index is 2.55. The van der Waals surface area contributed by atoms with Gasteiger partial charge < -0.3 is 15.3 Å². The van der Waals surface area contributed by atoms with Crippen molar-refractivity contribution in [2.45, 2.75) is 25.5 Å². The molecule has 0 radical (unpaired) electrons. The van der Waals surface area contributed by atoms with Crippen LogP contribution in [-0.2, 0) is 0 Å². The van der Waals surface area contributed by atoms with Crippen LogP contribution in [0.15, 0.2) is 28.7 Å².